The van der Waals surface area contributed by atoms with Gasteiger partial charge in [0.05, 0.1) is 24.9 Å². The molecule has 1 N–H and O–H groups in total. The van der Waals surface area contributed by atoms with Gasteiger partial charge < -0.3 is 14.6 Å². The van der Waals surface area contributed by atoms with Gasteiger partial charge >= 0.3 is 0 Å². The summed E-state index contributed by atoms with van der Waals surface area (Å²) < 4.78 is 7.40. The molecule has 4 heterocycles. The Hall–Kier alpha value is -3.71. The average molecular weight is 425 g/mol. The molecule has 6 rings (SSSR count). The second-order valence-electron chi connectivity index (χ2n) is 8.12. The van der Waals surface area contributed by atoms with E-state index in [0.717, 1.165) is 67.2 Å². The van der Waals surface area contributed by atoms with Gasteiger partial charge in [-0.1, -0.05) is 41.6 Å². The summed E-state index contributed by atoms with van der Waals surface area (Å²) in [6.45, 7) is 3.99. The number of fused-ring (bicyclic) bond motifs is 2. The van der Waals surface area contributed by atoms with Crippen LogP contribution in [0.1, 0.15) is 5.56 Å². The van der Waals surface area contributed by atoms with Crippen molar-refractivity contribution in [2.75, 3.05) is 31.2 Å². The number of rotatable bonds is 5. The molecular weight excluding hydrogens is 400 g/mol. The summed E-state index contributed by atoms with van der Waals surface area (Å²) in [6, 6.07) is 18.8. The number of morpholine rings is 1. The second-order valence-corrected chi connectivity index (χ2v) is 8.12. The van der Waals surface area contributed by atoms with Crippen LogP contribution in [0.3, 0.4) is 0 Å². The van der Waals surface area contributed by atoms with Crippen LogP contribution >= 0.6 is 0 Å². The van der Waals surface area contributed by atoms with E-state index in [1.807, 2.05) is 10.9 Å². The smallest absolute Gasteiger partial charge is 0.129 e. The normalized spacial score (nSPS) is 14.4. The lowest BCUT2D eigenvalue weighted by Crippen LogP contribution is -2.36. The van der Waals surface area contributed by atoms with Crippen molar-refractivity contribution in [1.82, 2.24) is 25.0 Å². The maximum Gasteiger partial charge on any atom is 0.129 e. The van der Waals surface area contributed by atoms with E-state index in [1.54, 1.807) is 0 Å². The zero-order chi connectivity index (χ0) is 21.3. The van der Waals surface area contributed by atoms with E-state index in [-0.39, 0.29) is 0 Å². The number of hydrogen-bond acceptors (Lipinski definition) is 5. The molecule has 1 saturated heterocycles. The molecule has 0 saturated carbocycles. The minimum absolute atomic E-state index is 0.742. The Morgan fingerprint density at radius 1 is 0.969 bits per heavy atom. The number of aromatic amines is 1. The molecule has 160 valence electrons. The van der Waals surface area contributed by atoms with Gasteiger partial charge in [-0.3, -0.25) is 4.68 Å². The van der Waals surface area contributed by atoms with E-state index >= 15 is 0 Å². The van der Waals surface area contributed by atoms with Crippen molar-refractivity contribution in [3.63, 3.8) is 0 Å². The Morgan fingerprint density at radius 2 is 1.88 bits per heavy atom. The number of aromatic nitrogens is 5. The van der Waals surface area contributed by atoms with Gasteiger partial charge in [-0.15, -0.1) is 5.10 Å². The van der Waals surface area contributed by atoms with Crippen molar-refractivity contribution in [3.8, 4) is 11.3 Å². The zero-order valence-corrected chi connectivity index (χ0v) is 17.7. The van der Waals surface area contributed by atoms with Crippen molar-refractivity contribution in [1.29, 1.82) is 0 Å². The molecule has 1 fully saturated rings. The monoisotopic (exact) mass is 424 g/mol. The second kappa shape index (κ2) is 8.09. The summed E-state index contributed by atoms with van der Waals surface area (Å²) in [5, 5.41) is 11.2. The van der Waals surface area contributed by atoms with E-state index in [9.17, 15) is 0 Å². The quantitative estimate of drug-likeness (QED) is 0.461. The van der Waals surface area contributed by atoms with Crippen LogP contribution in [-0.4, -0.2) is 51.3 Å². The summed E-state index contributed by atoms with van der Waals surface area (Å²) in [7, 11) is 0. The Kier molecular flexibility index (Phi) is 4.81. The van der Waals surface area contributed by atoms with Gasteiger partial charge in [-0.25, -0.2) is 4.98 Å². The molecule has 1 aliphatic rings. The van der Waals surface area contributed by atoms with E-state index in [2.05, 4.69) is 81.0 Å². The minimum Gasteiger partial charge on any atom is -0.378 e. The van der Waals surface area contributed by atoms with Crippen LogP contribution in [0.5, 0.6) is 0 Å². The van der Waals surface area contributed by atoms with E-state index < -0.39 is 0 Å². The molecule has 5 aromatic rings. The highest BCUT2D eigenvalue weighted by atomic mass is 16.5. The number of ether oxygens (including phenoxy) is 1. The number of H-pyrrole nitrogens is 1. The Balaban J connectivity index is 1.27. The van der Waals surface area contributed by atoms with Crippen molar-refractivity contribution in [3.05, 3.63) is 72.6 Å². The highest BCUT2D eigenvalue weighted by Gasteiger charge is 2.15. The van der Waals surface area contributed by atoms with Crippen molar-refractivity contribution < 1.29 is 4.74 Å². The van der Waals surface area contributed by atoms with Crippen LogP contribution in [0, 0.1) is 0 Å². The third-order valence-electron chi connectivity index (χ3n) is 6.14. The molecule has 0 aliphatic carbocycles. The van der Waals surface area contributed by atoms with Gasteiger partial charge in [0.15, 0.2) is 0 Å². The highest BCUT2D eigenvalue weighted by Crippen LogP contribution is 2.28. The first-order valence-electron chi connectivity index (χ1n) is 11.0. The highest BCUT2D eigenvalue weighted by molar-refractivity contribution is 5.93. The van der Waals surface area contributed by atoms with E-state index in [1.165, 1.54) is 16.5 Å². The number of benzene rings is 2. The largest absolute Gasteiger partial charge is 0.378 e. The van der Waals surface area contributed by atoms with Gasteiger partial charge in [-0.2, -0.15) is 0 Å². The first-order valence-corrected chi connectivity index (χ1v) is 11.0. The molecular formula is C25H24N6O. The van der Waals surface area contributed by atoms with Crippen molar-refractivity contribution in [2.45, 2.75) is 13.0 Å². The summed E-state index contributed by atoms with van der Waals surface area (Å²) in [6.07, 6.45) is 5.00. The average Bonchev–Trinajstić information content (AvgIpc) is 3.50. The van der Waals surface area contributed by atoms with Crippen molar-refractivity contribution >= 4 is 27.6 Å². The number of nitrogens with one attached hydrogen (secondary N) is 1. The first-order chi connectivity index (χ1) is 15.8. The number of para-hydroxylation sites is 2. The maximum absolute atomic E-state index is 5.49. The van der Waals surface area contributed by atoms with Gasteiger partial charge in [0.25, 0.3) is 0 Å². The van der Waals surface area contributed by atoms with Crippen LogP contribution in [0.4, 0.5) is 5.82 Å². The summed E-state index contributed by atoms with van der Waals surface area (Å²) in [4.78, 5) is 10.6. The Morgan fingerprint density at radius 3 is 2.81 bits per heavy atom. The lowest BCUT2D eigenvalue weighted by molar-refractivity contribution is 0.122. The number of nitrogens with zero attached hydrogens (tertiary/aromatic N) is 5. The molecule has 7 nitrogen and oxygen atoms in total. The first kappa shape index (κ1) is 19.0. The van der Waals surface area contributed by atoms with Crippen LogP contribution in [0.2, 0.25) is 0 Å². The number of pyridine rings is 1. The van der Waals surface area contributed by atoms with Crippen LogP contribution in [0.25, 0.3) is 33.1 Å². The fourth-order valence-electron chi connectivity index (χ4n) is 4.42. The summed E-state index contributed by atoms with van der Waals surface area (Å²) in [5.41, 5.74) is 5.27. The third kappa shape index (κ3) is 3.50. The lowest BCUT2D eigenvalue weighted by Gasteiger charge is -2.28. The standard InChI is InChI=1S/C25H24N6O/c1-2-7-22-20(5-1)19(16-26-22)10-11-31-17-23(28-29-31)21-6-3-4-18-8-9-24(27-25(18)21)30-12-14-32-15-13-30/h1-9,16-17,26H,10-15H2. The van der Waals surface area contributed by atoms with E-state index in [0.29, 0.717) is 0 Å². The van der Waals surface area contributed by atoms with Gasteiger partial charge in [0.2, 0.25) is 0 Å². The molecule has 0 unspecified atom stereocenters. The fourth-order valence-corrected chi connectivity index (χ4v) is 4.42. The van der Waals surface area contributed by atoms with Gasteiger partial charge in [0, 0.05) is 47.7 Å². The van der Waals surface area contributed by atoms with Crippen LogP contribution in [0.15, 0.2) is 67.0 Å². The molecule has 2 aromatic carbocycles. The number of anilines is 1. The van der Waals surface area contributed by atoms with Crippen LogP contribution < -0.4 is 4.90 Å². The van der Waals surface area contributed by atoms with E-state index in [4.69, 9.17) is 9.72 Å². The molecule has 0 atom stereocenters. The molecule has 32 heavy (non-hydrogen) atoms. The molecule has 1 aliphatic heterocycles. The molecule has 7 heteroatoms. The van der Waals surface area contributed by atoms with Gasteiger partial charge in [0.1, 0.15) is 11.5 Å². The molecule has 3 aromatic heterocycles. The topological polar surface area (TPSA) is 71.9 Å². The summed E-state index contributed by atoms with van der Waals surface area (Å²) in [5.74, 6) is 0.986. The zero-order valence-electron chi connectivity index (χ0n) is 17.7. The Labute approximate surface area is 185 Å². The molecule has 0 bridgehead atoms. The molecule has 0 radical (unpaired) electrons. The third-order valence-corrected chi connectivity index (χ3v) is 6.14. The number of aryl methyl sites for hydroxylation is 2. The van der Waals surface area contributed by atoms with Crippen LogP contribution in [-0.2, 0) is 17.7 Å². The maximum atomic E-state index is 5.49. The minimum atomic E-state index is 0.742. The summed E-state index contributed by atoms with van der Waals surface area (Å²) >= 11 is 0. The number of hydrogen-bond donors (Lipinski definition) is 1. The SMILES string of the molecule is c1cc(-c2cn(CCc3c[nH]c4ccccc34)nn2)c2nc(N3CCOCC3)ccc2c1. The van der Waals surface area contributed by atoms with Crippen molar-refractivity contribution in [2.24, 2.45) is 0 Å². The Bertz CT molecular complexity index is 1380. The fraction of sp³-hybridized carbons (Fsp3) is 0.240. The lowest BCUT2D eigenvalue weighted by atomic mass is 10.1. The molecule has 0 spiro atoms. The molecule has 0 amide bonds. The van der Waals surface area contributed by atoms with Gasteiger partial charge in [-0.05, 0) is 30.2 Å². The predicted molar refractivity (Wildman–Crippen MR) is 126 cm³/mol. The predicted octanol–water partition coefficient (Wildman–Crippen LogP) is 4.05.